The molecule has 2 aromatic carbocycles. The lowest BCUT2D eigenvalue weighted by Gasteiger charge is -2.09. The van der Waals surface area contributed by atoms with Gasteiger partial charge in [0.1, 0.15) is 0 Å². The monoisotopic (exact) mass is 395 g/mol. The van der Waals surface area contributed by atoms with Gasteiger partial charge in [0.25, 0.3) is 10.0 Å². The Morgan fingerprint density at radius 3 is 2.32 bits per heavy atom. The van der Waals surface area contributed by atoms with Gasteiger partial charge < -0.3 is 5.32 Å². The third-order valence-electron chi connectivity index (χ3n) is 4.12. The van der Waals surface area contributed by atoms with Crippen LogP contribution in [0, 0.1) is 6.92 Å². The number of benzene rings is 2. The first-order valence-corrected chi connectivity index (χ1v) is 10.3. The molecule has 1 aromatic heterocycles. The van der Waals surface area contributed by atoms with Crippen LogP contribution < -0.4 is 10.0 Å². The fourth-order valence-electron chi connectivity index (χ4n) is 2.59. The first-order valence-electron chi connectivity index (χ1n) is 8.81. The number of nitrogens with zero attached hydrogens (tertiary/aromatic N) is 1. The van der Waals surface area contributed by atoms with Gasteiger partial charge in [0.2, 0.25) is 5.91 Å². The van der Waals surface area contributed by atoms with Gasteiger partial charge in [-0.15, -0.1) is 0 Å². The number of hydrogen-bond donors (Lipinski definition) is 2. The van der Waals surface area contributed by atoms with Crippen molar-refractivity contribution in [3.05, 3.63) is 84.2 Å². The summed E-state index contributed by atoms with van der Waals surface area (Å²) in [5.41, 5.74) is 3.22. The number of carbonyl (C=O) groups is 1. The van der Waals surface area contributed by atoms with Crippen LogP contribution in [0.4, 0.5) is 11.4 Å². The van der Waals surface area contributed by atoms with E-state index in [2.05, 4.69) is 15.0 Å². The Labute approximate surface area is 164 Å². The second-order valence-electron chi connectivity index (χ2n) is 6.41. The number of nitrogens with one attached hydrogen (secondary N) is 2. The summed E-state index contributed by atoms with van der Waals surface area (Å²) in [7, 11) is -3.71. The van der Waals surface area contributed by atoms with E-state index in [9.17, 15) is 13.2 Å². The van der Waals surface area contributed by atoms with Crippen LogP contribution in [0.3, 0.4) is 0 Å². The molecular formula is C21H21N3O3S. The zero-order valence-corrected chi connectivity index (χ0v) is 16.2. The summed E-state index contributed by atoms with van der Waals surface area (Å²) in [5.74, 6) is -0.121. The third-order valence-corrected chi connectivity index (χ3v) is 5.52. The quantitative estimate of drug-likeness (QED) is 0.637. The standard InChI is InChI=1S/C21H21N3O3S/c1-16-4-6-17(7-5-16)8-13-21(25)23-18-9-11-20(12-10-18)28(26,27)24-19-3-2-14-22-15-19/h2-7,9-12,14-15,24H,8,13H2,1H3,(H,23,25). The Balaban J connectivity index is 1.57. The molecule has 0 aliphatic heterocycles. The summed E-state index contributed by atoms with van der Waals surface area (Å²) in [6.45, 7) is 2.02. The van der Waals surface area contributed by atoms with Gasteiger partial charge in [-0.3, -0.25) is 14.5 Å². The highest BCUT2D eigenvalue weighted by Crippen LogP contribution is 2.18. The summed E-state index contributed by atoms with van der Waals surface area (Å²) in [4.78, 5) is 16.1. The van der Waals surface area contributed by atoms with Crippen molar-refractivity contribution < 1.29 is 13.2 Å². The third kappa shape index (κ3) is 5.40. The Hall–Kier alpha value is -3.19. The Morgan fingerprint density at radius 2 is 1.68 bits per heavy atom. The maximum absolute atomic E-state index is 12.4. The molecule has 144 valence electrons. The smallest absolute Gasteiger partial charge is 0.261 e. The first-order chi connectivity index (χ1) is 13.4. The molecule has 3 aromatic rings. The summed E-state index contributed by atoms with van der Waals surface area (Å²) in [6, 6.07) is 17.4. The van der Waals surface area contributed by atoms with Crippen LogP contribution in [-0.4, -0.2) is 19.3 Å². The minimum absolute atomic E-state index is 0.106. The lowest BCUT2D eigenvalue weighted by Crippen LogP contribution is -2.14. The molecule has 0 aliphatic carbocycles. The van der Waals surface area contributed by atoms with E-state index in [0.717, 1.165) is 5.56 Å². The minimum atomic E-state index is -3.71. The summed E-state index contributed by atoms with van der Waals surface area (Å²) < 4.78 is 27.2. The van der Waals surface area contributed by atoms with Crippen LogP contribution >= 0.6 is 0 Å². The molecule has 7 heteroatoms. The highest BCUT2D eigenvalue weighted by molar-refractivity contribution is 7.92. The van der Waals surface area contributed by atoms with Gasteiger partial charge in [-0.2, -0.15) is 0 Å². The van der Waals surface area contributed by atoms with Crippen molar-refractivity contribution in [3.63, 3.8) is 0 Å². The van der Waals surface area contributed by atoms with E-state index in [1.807, 2.05) is 31.2 Å². The number of anilines is 2. The van der Waals surface area contributed by atoms with Crippen molar-refractivity contribution in [3.8, 4) is 0 Å². The Kier molecular flexibility index (Phi) is 6.06. The van der Waals surface area contributed by atoms with Gasteiger partial charge in [0.05, 0.1) is 16.8 Å². The average molecular weight is 395 g/mol. The van der Waals surface area contributed by atoms with Gasteiger partial charge in [-0.1, -0.05) is 29.8 Å². The number of aryl methyl sites for hydroxylation is 2. The molecule has 0 radical (unpaired) electrons. The van der Waals surface area contributed by atoms with Crippen molar-refractivity contribution in [2.45, 2.75) is 24.7 Å². The minimum Gasteiger partial charge on any atom is -0.326 e. The Morgan fingerprint density at radius 1 is 0.964 bits per heavy atom. The number of aromatic nitrogens is 1. The fourth-order valence-corrected chi connectivity index (χ4v) is 3.63. The molecule has 1 amide bonds. The molecule has 1 heterocycles. The molecule has 3 rings (SSSR count). The number of carbonyl (C=O) groups excluding carboxylic acids is 1. The number of pyridine rings is 1. The number of rotatable bonds is 7. The van der Waals surface area contributed by atoms with Crippen LogP contribution in [0.1, 0.15) is 17.5 Å². The largest absolute Gasteiger partial charge is 0.326 e. The maximum Gasteiger partial charge on any atom is 0.261 e. The molecule has 0 atom stereocenters. The van der Waals surface area contributed by atoms with Gasteiger partial charge in [-0.25, -0.2) is 8.42 Å². The van der Waals surface area contributed by atoms with Gasteiger partial charge in [-0.05, 0) is 55.3 Å². The molecule has 28 heavy (non-hydrogen) atoms. The van der Waals surface area contributed by atoms with Crippen LogP contribution in [0.15, 0.2) is 78.0 Å². The number of hydrogen-bond acceptors (Lipinski definition) is 4. The lowest BCUT2D eigenvalue weighted by atomic mass is 10.1. The highest BCUT2D eigenvalue weighted by Gasteiger charge is 2.14. The molecule has 0 unspecified atom stereocenters. The topological polar surface area (TPSA) is 88.2 Å². The SMILES string of the molecule is Cc1ccc(CCC(=O)Nc2ccc(S(=O)(=O)Nc3cccnc3)cc2)cc1. The van der Waals surface area contributed by atoms with Crippen LogP contribution in [0.5, 0.6) is 0 Å². The van der Waals surface area contributed by atoms with Crippen molar-refractivity contribution in [1.29, 1.82) is 0 Å². The molecule has 2 N–H and O–H groups in total. The zero-order chi connectivity index (χ0) is 20.0. The predicted molar refractivity (Wildman–Crippen MR) is 110 cm³/mol. The van der Waals surface area contributed by atoms with Crippen LogP contribution in [0.2, 0.25) is 0 Å². The maximum atomic E-state index is 12.4. The number of amides is 1. The second-order valence-corrected chi connectivity index (χ2v) is 8.09. The summed E-state index contributed by atoms with van der Waals surface area (Å²) >= 11 is 0. The summed E-state index contributed by atoms with van der Waals surface area (Å²) in [6.07, 6.45) is 3.99. The van der Waals surface area contributed by atoms with E-state index in [4.69, 9.17) is 0 Å². The normalized spacial score (nSPS) is 11.0. The van der Waals surface area contributed by atoms with Gasteiger partial charge >= 0.3 is 0 Å². The molecule has 0 fully saturated rings. The molecule has 0 saturated heterocycles. The van der Waals surface area contributed by atoms with E-state index in [1.54, 1.807) is 30.5 Å². The molecule has 0 aliphatic rings. The van der Waals surface area contributed by atoms with E-state index >= 15 is 0 Å². The van der Waals surface area contributed by atoms with Crippen molar-refractivity contribution in [1.82, 2.24) is 4.98 Å². The number of sulfonamides is 1. The molecular weight excluding hydrogens is 374 g/mol. The highest BCUT2D eigenvalue weighted by atomic mass is 32.2. The summed E-state index contributed by atoms with van der Waals surface area (Å²) in [5, 5.41) is 2.79. The zero-order valence-electron chi connectivity index (χ0n) is 15.4. The van der Waals surface area contributed by atoms with Gasteiger partial charge in [0, 0.05) is 18.3 Å². The van der Waals surface area contributed by atoms with E-state index in [0.29, 0.717) is 24.2 Å². The second kappa shape index (κ2) is 8.67. The predicted octanol–water partition coefficient (Wildman–Crippen LogP) is 3.76. The lowest BCUT2D eigenvalue weighted by molar-refractivity contribution is -0.116. The van der Waals surface area contributed by atoms with E-state index in [1.165, 1.54) is 23.9 Å². The molecule has 0 spiro atoms. The van der Waals surface area contributed by atoms with E-state index in [-0.39, 0.29) is 10.8 Å². The van der Waals surface area contributed by atoms with Crippen LogP contribution in [-0.2, 0) is 21.2 Å². The average Bonchev–Trinajstić information content (AvgIpc) is 2.68. The molecule has 6 nitrogen and oxygen atoms in total. The van der Waals surface area contributed by atoms with Crippen LogP contribution in [0.25, 0.3) is 0 Å². The first kappa shape index (κ1) is 19.6. The van der Waals surface area contributed by atoms with Crippen molar-refractivity contribution >= 4 is 27.3 Å². The molecule has 0 bridgehead atoms. The molecule has 0 saturated carbocycles. The van der Waals surface area contributed by atoms with E-state index < -0.39 is 10.0 Å². The Bertz CT molecular complexity index is 1030. The van der Waals surface area contributed by atoms with Crippen molar-refractivity contribution in [2.24, 2.45) is 0 Å². The fraction of sp³-hybridized carbons (Fsp3) is 0.143. The van der Waals surface area contributed by atoms with Crippen molar-refractivity contribution in [2.75, 3.05) is 10.0 Å². The van der Waals surface area contributed by atoms with Gasteiger partial charge in [0.15, 0.2) is 0 Å².